The fourth-order valence-corrected chi connectivity index (χ4v) is 3.17. The average molecular weight is 359 g/mol. The highest BCUT2D eigenvalue weighted by molar-refractivity contribution is 6.31. The fraction of sp³-hybridized carbons (Fsp3) is 0.368. The lowest BCUT2D eigenvalue weighted by molar-refractivity contribution is 0.0950. The van der Waals surface area contributed by atoms with Crippen molar-refractivity contribution in [1.29, 1.82) is 0 Å². The second-order valence-electron chi connectivity index (χ2n) is 6.13. The van der Waals surface area contributed by atoms with Crippen LogP contribution in [0, 0.1) is 0 Å². The highest BCUT2D eigenvalue weighted by Gasteiger charge is 2.17. The topological polar surface area (TPSA) is 48.5 Å². The first-order valence-electron chi connectivity index (χ1n) is 8.61. The van der Waals surface area contributed by atoms with Crippen LogP contribution < -0.4 is 10.2 Å². The Morgan fingerprint density at radius 1 is 1.20 bits per heavy atom. The minimum Gasteiger partial charge on any atom is -0.368 e. The summed E-state index contributed by atoms with van der Waals surface area (Å²) in [6.45, 7) is 7.66. The molecule has 0 spiro atoms. The van der Waals surface area contributed by atoms with E-state index in [1.807, 2.05) is 36.5 Å². The van der Waals surface area contributed by atoms with E-state index in [1.165, 1.54) is 0 Å². The van der Waals surface area contributed by atoms with Gasteiger partial charge in [-0.1, -0.05) is 36.7 Å². The number of carbonyl (C=O) groups excluding carboxylic acids is 1. The number of anilines is 1. The largest absolute Gasteiger partial charge is 0.368 e. The molecule has 6 heteroatoms. The van der Waals surface area contributed by atoms with Gasteiger partial charge in [0.25, 0.3) is 5.91 Å². The Balaban J connectivity index is 1.63. The maximum atomic E-state index is 12.4. The molecule has 0 bridgehead atoms. The van der Waals surface area contributed by atoms with Crippen molar-refractivity contribution in [3.05, 3.63) is 58.9 Å². The number of carbonyl (C=O) groups is 1. The maximum absolute atomic E-state index is 12.4. The van der Waals surface area contributed by atoms with Gasteiger partial charge in [0.2, 0.25) is 0 Å². The minimum atomic E-state index is -0.138. The molecule has 1 N–H and O–H groups in total. The van der Waals surface area contributed by atoms with Crippen LogP contribution in [-0.2, 0) is 6.54 Å². The fourth-order valence-electron chi connectivity index (χ4n) is 2.97. The summed E-state index contributed by atoms with van der Waals surface area (Å²) in [6, 6.07) is 9.42. The molecule has 5 nitrogen and oxygen atoms in total. The number of nitrogens with zero attached hydrogens (tertiary/aromatic N) is 3. The molecule has 1 fully saturated rings. The van der Waals surface area contributed by atoms with Gasteiger partial charge in [0, 0.05) is 43.9 Å². The Morgan fingerprint density at radius 2 is 1.96 bits per heavy atom. The van der Waals surface area contributed by atoms with Crippen LogP contribution in [0.5, 0.6) is 0 Å². The van der Waals surface area contributed by atoms with Crippen LogP contribution in [-0.4, -0.2) is 48.5 Å². The van der Waals surface area contributed by atoms with Crippen LogP contribution in [0.15, 0.2) is 42.7 Å². The van der Waals surface area contributed by atoms with E-state index in [2.05, 4.69) is 27.0 Å². The maximum Gasteiger partial charge on any atom is 0.253 e. The molecule has 0 aliphatic carbocycles. The van der Waals surface area contributed by atoms with Crippen molar-refractivity contribution in [1.82, 2.24) is 15.2 Å². The van der Waals surface area contributed by atoms with Gasteiger partial charge in [0.15, 0.2) is 0 Å². The molecule has 0 atom stereocenters. The number of hydrogen-bond acceptors (Lipinski definition) is 4. The molecule has 1 aromatic heterocycles. The number of likely N-dealkylation sites (N-methyl/N-ethyl adjacent to an activating group) is 1. The summed E-state index contributed by atoms with van der Waals surface area (Å²) in [7, 11) is 0. The summed E-state index contributed by atoms with van der Waals surface area (Å²) in [6.07, 6.45) is 3.43. The van der Waals surface area contributed by atoms with Crippen LogP contribution in [0.3, 0.4) is 0 Å². The standard InChI is InChI=1S/C19H23ClN4O/c1-2-23-7-9-24(10-8-23)17-11-16(12-21-14-17)19(25)22-13-15-5-3-4-6-18(15)20/h3-6,11-12,14H,2,7-10,13H2,1H3,(H,22,25). The van der Waals surface area contributed by atoms with E-state index >= 15 is 0 Å². The van der Waals surface area contributed by atoms with E-state index in [0.717, 1.165) is 44.0 Å². The van der Waals surface area contributed by atoms with E-state index in [4.69, 9.17) is 11.6 Å². The molecular weight excluding hydrogens is 336 g/mol. The van der Waals surface area contributed by atoms with E-state index in [9.17, 15) is 4.79 Å². The zero-order chi connectivity index (χ0) is 17.6. The van der Waals surface area contributed by atoms with Gasteiger partial charge in [-0.2, -0.15) is 0 Å². The summed E-state index contributed by atoms with van der Waals surface area (Å²) in [4.78, 5) is 21.4. The molecule has 25 heavy (non-hydrogen) atoms. The molecular formula is C19H23ClN4O. The van der Waals surface area contributed by atoms with Gasteiger partial charge in [-0.15, -0.1) is 0 Å². The smallest absolute Gasteiger partial charge is 0.253 e. The molecule has 2 aromatic rings. The number of nitrogens with one attached hydrogen (secondary N) is 1. The Labute approximate surface area is 153 Å². The molecule has 3 rings (SSSR count). The molecule has 1 saturated heterocycles. The third-order valence-corrected chi connectivity index (χ3v) is 4.94. The van der Waals surface area contributed by atoms with E-state index in [0.29, 0.717) is 17.1 Å². The predicted molar refractivity (Wildman–Crippen MR) is 101 cm³/mol. The highest BCUT2D eigenvalue weighted by atomic mass is 35.5. The normalized spacial score (nSPS) is 15.2. The number of rotatable bonds is 5. The summed E-state index contributed by atoms with van der Waals surface area (Å²) in [5.41, 5.74) is 2.47. The van der Waals surface area contributed by atoms with Crippen molar-refractivity contribution in [2.45, 2.75) is 13.5 Å². The van der Waals surface area contributed by atoms with Gasteiger partial charge >= 0.3 is 0 Å². The van der Waals surface area contributed by atoms with Crippen molar-refractivity contribution in [3.63, 3.8) is 0 Å². The van der Waals surface area contributed by atoms with Crippen LogP contribution >= 0.6 is 11.6 Å². The summed E-state index contributed by atoms with van der Waals surface area (Å²) in [5, 5.41) is 3.57. The highest BCUT2D eigenvalue weighted by Crippen LogP contribution is 2.18. The minimum absolute atomic E-state index is 0.138. The third kappa shape index (κ3) is 4.50. The van der Waals surface area contributed by atoms with Crippen LogP contribution in [0.1, 0.15) is 22.8 Å². The molecule has 2 heterocycles. The van der Waals surface area contributed by atoms with Crippen molar-refractivity contribution in [2.75, 3.05) is 37.6 Å². The number of benzene rings is 1. The van der Waals surface area contributed by atoms with Crippen molar-refractivity contribution in [2.24, 2.45) is 0 Å². The first kappa shape index (κ1) is 17.7. The number of piperazine rings is 1. The Morgan fingerprint density at radius 3 is 2.68 bits per heavy atom. The lowest BCUT2D eigenvalue weighted by Crippen LogP contribution is -2.46. The van der Waals surface area contributed by atoms with Crippen LogP contribution in [0.4, 0.5) is 5.69 Å². The first-order valence-corrected chi connectivity index (χ1v) is 8.99. The molecule has 1 aromatic carbocycles. The van der Waals surface area contributed by atoms with Gasteiger partial charge in [-0.25, -0.2) is 0 Å². The number of aromatic nitrogens is 1. The van der Waals surface area contributed by atoms with Crippen LogP contribution in [0.25, 0.3) is 0 Å². The van der Waals surface area contributed by atoms with Crippen molar-refractivity contribution in [3.8, 4) is 0 Å². The van der Waals surface area contributed by atoms with Crippen molar-refractivity contribution < 1.29 is 4.79 Å². The molecule has 1 aliphatic rings. The molecule has 0 unspecified atom stereocenters. The monoisotopic (exact) mass is 358 g/mol. The second-order valence-corrected chi connectivity index (χ2v) is 6.53. The van der Waals surface area contributed by atoms with E-state index in [1.54, 1.807) is 6.20 Å². The Kier molecular flexibility index (Phi) is 5.89. The number of hydrogen-bond donors (Lipinski definition) is 1. The van der Waals surface area contributed by atoms with Gasteiger partial charge in [-0.05, 0) is 24.2 Å². The molecule has 0 saturated carbocycles. The van der Waals surface area contributed by atoms with E-state index in [-0.39, 0.29) is 5.91 Å². The SMILES string of the molecule is CCN1CCN(c2cncc(C(=O)NCc3ccccc3Cl)c2)CC1. The number of halogens is 1. The quantitative estimate of drug-likeness (QED) is 0.892. The van der Waals surface area contributed by atoms with E-state index < -0.39 is 0 Å². The zero-order valence-electron chi connectivity index (χ0n) is 14.4. The van der Waals surface area contributed by atoms with Gasteiger partial charge in [0.05, 0.1) is 17.4 Å². The summed E-state index contributed by atoms with van der Waals surface area (Å²) in [5.74, 6) is -0.138. The third-order valence-electron chi connectivity index (χ3n) is 4.57. The van der Waals surface area contributed by atoms with Gasteiger partial charge in [-0.3, -0.25) is 9.78 Å². The zero-order valence-corrected chi connectivity index (χ0v) is 15.2. The molecule has 1 aliphatic heterocycles. The number of pyridine rings is 1. The lowest BCUT2D eigenvalue weighted by atomic mass is 10.2. The molecule has 132 valence electrons. The van der Waals surface area contributed by atoms with Crippen molar-refractivity contribution >= 4 is 23.2 Å². The lowest BCUT2D eigenvalue weighted by Gasteiger charge is -2.35. The molecule has 0 radical (unpaired) electrons. The Hall–Kier alpha value is -2.11. The Bertz CT molecular complexity index is 729. The molecule has 1 amide bonds. The average Bonchev–Trinajstić information content (AvgIpc) is 2.67. The van der Waals surface area contributed by atoms with Gasteiger partial charge in [0.1, 0.15) is 0 Å². The predicted octanol–water partition coefficient (Wildman–Crippen LogP) is 2.81. The number of amides is 1. The second kappa shape index (κ2) is 8.32. The van der Waals surface area contributed by atoms with Crippen LogP contribution in [0.2, 0.25) is 5.02 Å². The first-order chi connectivity index (χ1) is 12.2. The summed E-state index contributed by atoms with van der Waals surface area (Å²) >= 11 is 6.13. The van der Waals surface area contributed by atoms with Gasteiger partial charge < -0.3 is 15.1 Å². The summed E-state index contributed by atoms with van der Waals surface area (Å²) < 4.78 is 0.